The van der Waals surface area contributed by atoms with Crippen molar-refractivity contribution in [2.75, 3.05) is 33.0 Å². The van der Waals surface area contributed by atoms with Crippen LogP contribution in [-0.4, -0.2) is 62.0 Å². The van der Waals surface area contributed by atoms with Gasteiger partial charge >= 0.3 is 0 Å². The maximum Gasteiger partial charge on any atom is 0.243 e. The van der Waals surface area contributed by atoms with Gasteiger partial charge in [-0.05, 0) is 13.3 Å². The summed E-state index contributed by atoms with van der Waals surface area (Å²) in [6, 6.07) is -0.421. The predicted octanol–water partition coefficient (Wildman–Crippen LogP) is -1.20. The summed E-state index contributed by atoms with van der Waals surface area (Å²) in [5, 5.41) is 14.8. The first-order chi connectivity index (χ1) is 9.13. The minimum absolute atomic E-state index is 0.188. The molecule has 0 aromatic heterocycles. The molecule has 0 radical (unpaired) electrons. The molecule has 7 heteroatoms. The SMILES string of the molecule is CCOCCOCC(O)CNC1CCC(=O)NC1=O. The third-order valence-corrected chi connectivity index (χ3v) is 2.73. The standard InChI is InChI=1S/C12H22N2O5/c1-2-18-5-6-19-8-9(15)7-13-10-3-4-11(16)14-12(10)17/h9-10,13,15H,2-8H2,1H3,(H,14,16,17). The van der Waals surface area contributed by atoms with Crippen molar-refractivity contribution in [2.24, 2.45) is 0 Å². The summed E-state index contributed by atoms with van der Waals surface area (Å²) in [4.78, 5) is 22.4. The average molecular weight is 274 g/mol. The van der Waals surface area contributed by atoms with Gasteiger partial charge in [0.05, 0.1) is 32.0 Å². The van der Waals surface area contributed by atoms with E-state index < -0.39 is 12.1 Å². The van der Waals surface area contributed by atoms with E-state index in [0.29, 0.717) is 32.7 Å². The molecule has 3 N–H and O–H groups in total. The Bertz CT molecular complexity index is 298. The molecule has 2 atom stereocenters. The molecule has 1 rings (SSSR count). The molecule has 0 bridgehead atoms. The summed E-state index contributed by atoms with van der Waals surface area (Å²) in [7, 11) is 0. The van der Waals surface area contributed by atoms with Crippen LogP contribution in [0, 0.1) is 0 Å². The molecule has 7 nitrogen and oxygen atoms in total. The van der Waals surface area contributed by atoms with Gasteiger partial charge in [-0.25, -0.2) is 0 Å². The number of carbonyl (C=O) groups excluding carboxylic acids is 2. The van der Waals surface area contributed by atoms with Crippen molar-refractivity contribution in [2.45, 2.75) is 31.9 Å². The second-order valence-corrected chi connectivity index (χ2v) is 4.34. The van der Waals surface area contributed by atoms with Gasteiger partial charge < -0.3 is 19.9 Å². The molecule has 0 aromatic carbocycles. The van der Waals surface area contributed by atoms with Gasteiger partial charge in [0.25, 0.3) is 0 Å². The Labute approximate surface area is 112 Å². The zero-order valence-corrected chi connectivity index (χ0v) is 11.2. The highest BCUT2D eigenvalue weighted by Gasteiger charge is 2.26. The number of aliphatic hydroxyl groups is 1. The number of imide groups is 1. The zero-order valence-electron chi connectivity index (χ0n) is 11.2. The topological polar surface area (TPSA) is 96.9 Å². The number of carbonyl (C=O) groups is 2. The van der Waals surface area contributed by atoms with E-state index in [0.717, 1.165) is 0 Å². The lowest BCUT2D eigenvalue weighted by Gasteiger charge is -2.23. The number of hydrogen-bond acceptors (Lipinski definition) is 6. The van der Waals surface area contributed by atoms with Crippen molar-refractivity contribution in [1.82, 2.24) is 10.6 Å². The number of hydrogen-bond donors (Lipinski definition) is 3. The summed E-state index contributed by atoms with van der Waals surface area (Å²) >= 11 is 0. The number of piperidine rings is 1. The number of nitrogens with one attached hydrogen (secondary N) is 2. The van der Waals surface area contributed by atoms with Crippen LogP contribution in [0.1, 0.15) is 19.8 Å². The van der Waals surface area contributed by atoms with Gasteiger partial charge in [0.1, 0.15) is 0 Å². The van der Waals surface area contributed by atoms with Crippen molar-refractivity contribution in [1.29, 1.82) is 0 Å². The van der Waals surface area contributed by atoms with E-state index in [-0.39, 0.29) is 25.0 Å². The molecule has 0 saturated carbocycles. The molecule has 2 unspecified atom stereocenters. The van der Waals surface area contributed by atoms with E-state index in [1.54, 1.807) is 0 Å². The van der Waals surface area contributed by atoms with Crippen molar-refractivity contribution in [3.05, 3.63) is 0 Å². The Morgan fingerprint density at radius 2 is 2.16 bits per heavy atom. The van der Waals surface area contributed by atoms with Crippen LogP contribution in [0.2, 0.25) is 0 Å². The Morgan fingerprint density at radius 1 is 1.42 bits per heavy atom. The number of aliphatic hydroxyl groups excluding tert-OH is 1. The summed E-state index contributed by atoms with van der Waals surface area (Å²) in [5.74, 6) is -0.580. The third kappa shape index (κ3) is 6.63. The largest absolute Gasteiger partial charge is 0.389 e. The van der Waals surface area contributed by atoms with Crippen LogP contribution < -0.4 is 10.6 Å². The van der Waals surface area contributed by atoms with Gasteiger partial charge in [-0.1, -0.05) is 0 Å². The summed E-state index contributed by atoms with van der Waals surface area (Å²) in [6.07, 6.45) is 0.0968. The van der Waals surface area contributed by atoms with E-state index in [1.807, 2.05) is 6.92 Å². The lowest BCUT2D eigenvalue weighted by atomic mass is 10.1. The quantitative estimate of drug-likeness (QED) is 0.361. The normalized spacial score (nSPS) is 21.3. The fourth-order valence-corrected chi connectivity index (χ4v) is 1.71. The second-order valence-electron chi connectivity index (χ2n) is 4.34. The van der Waals surface area contributed by atoms with Crippen molar-refractivity contribution >= 4 is 11.8 Å². The van der Waals surface area contributed by atoms with E-state index in [2.05, 4.69) is 10.6 Å². The third-order valence-electron chi connectivity index (χ3n) is 2.73. The molecular formula is C12H22N2O5. The van der Waals surface area contributed by atoms with Crippen molar-refractivity contribution in [3.8, 4) is 0 Å². The molecule has 19 heavy (non-hydrogen) atoms. The first kappa shape index (κ1) is 16.0. The second kappa shape index (κ2) is 8.98. The Hall–Kier alpha value is -1.02. The van der Waals surface area contributed by atoms with Crippen LogP contribution in [0.15, 0.2) is 0 Å². The van der Waals surface area contributed by atoms with Gasteiger partial charge in [0.15, 0.2) is 0 Å². The van der Waals surface area contributed by atoms with Gasteiger partial charge in [0.2, 0.25) is 11.8 Å². The van der Waals surface area contributed by atoms with E-state index >= 15 is 0 Å². The van der Waals surface area contributed by atoms with E-state index in [1.165, 1.54) is 0 Å². The summed E-state index contributed by atoms with van der Waals surface area (Å²) < 4.78 is 10.3. The fourth-order valence-electron chi connectivity index (χ4n) is 1.71. The van der Waals surface area contributed by atoms with Crippen LogP contribution in [0.5, 0.6) is 0 Å². The molecule has 1 fully saturated rings. The molecule has 1 aliphatic rings. The lowest BCUT2D eigenvalue weighted by Crippen LogP contribution is -2.52. The summed E-state index contributed by atoms with van der Waals surface area (Å²) in [5.41, 5.74) is 0. The lowest BCUT2D eigenvalue weighted by molar-refractivity contribution is -0.134. The van der Waals surface area contributed by atoms with E-state index in [9.17, 15) is 14.7 Å². The Kier molecular flexibility index (Phi) is 7.57. The minimum atomic E-state index is -0.688. The smallest absolute Gasteiger partial charge is 0.243 e. The first-order valence-electron chi connectivity index (χ1n) is 6.54. The van der Waals surface area contributed by atoms with Gasteiger partial charge in [-0.15, -0.1) is 0 Å². The molecule has 1 aliphatic heterocycles. The summed E-state index contributed by atoms with van der Waals surface area (Å²) in [6.45, 7) is 3.92. The molecular weight excluding hydrogens is 252 g/mol. The van der Waals surface area contributed by atoms with Crippen molar-refractivity contribution in [3.63, 3.8) is 0 Å². The monoisotopic (exact) mass is 274 g/mol. The molecule has 0 spiro atoms. The predicted molar refractivity (Wildman–Crippen MR) is 67.5 cm³/mol. The highest BCUT2D eigenvalue weighted by atomic mass is 16.5. The van der Waals surface area contributed by atoms with Crippen LogP contribution in [0.3, 0.4) is 0 Å². The maximum absolute atomic E-state index is 11.4. The number of rotatable bonds is 9. The van der Waals surface area contributed by atoms with Gasteiger partial charge in [0, 0.05) is 19.6 Å². The van der Waals surface area contributed by atoms with Crippen LogP contribution in [-0.2, 0) is 19.1 Å². The Morgan fingerprint density at radius 3 is 2.84 bits per heavy atom. The maximum atomic E-state index is 11.4. The molecule has 2 amide bonds. The Balaban J connectivity index is 2.07. The molecule has 110 valence electrons. The van der Waals surface area contributed by atoms with Gasteiger partial charge in [-0.2, -0.15) is 0 Å². The highest BCUT2D eigenvalue weighted by Crippen LogP contribution is 2.04. The molecule has 1 saturated heterocycles. The highest BCUT2D eigenvalue weighted by molar-refractivity contribution is 6.00. The fraction of sp³-hybridized carbons (Fsp3) is 0.833. The number of amides is 2. The van der Waals surface area contributed by atoms with Crippen molar-refractivity contribution < 1.29 is 24.2 Å². The van der Waals surface area contributed by atoms with Crippen LogP contribution >= 0.6 is 0 Å². The minimum Gasteiger partial charge on any atom is -0.389 e. The van der Waals surface area contributed by atoms with Crippen LogP contribution in [0.25, 0.3) is 0 Å². The van der Waals surface area contributed by atoms with Gasteiger partial charge in [-0.3, -0.25) is 14.9 Å². The van der Waals surface area contributed by atoms with Crippen LogP contribution in [0.4, 0.5) is 0 Å². The average Bonchev–Trinajstić information content (AvgIpc) is 2.37. The van der Waals surface area contributed by atoms with E-state index in [4.69, 9.17) is 9.47 Å². The first-order valence-corrected chi connectivity index (χ1v) is 6.54. The zero-order chi connectivity index (χ0) is 14.1. The number of ether oxygens (including phenoxy) is 2. The molecule has 1 heterocycles. The molecule has 0 aliphatic carbocycles. The molecule has 0 aromatic rings.